The van der Waals surface area contributed by atoms with Crippen molar-refractivity contribution >= 4 is 39.2 Å². The maximum absolute atomic E-state index is 12.7. The molecule has 0 radical (unpaired) electrons. The summed E-state index contributed by atoms with van der Waals surface area (Å²) in [5.74, 6) is -0.0902. The molecular formula is C33H29N3O3S. The zero-order valence-electron chi connectivity index (χ0n) is 22.5. The van der Waals surface area contributed by atoms with Crippen LogP contribution in [-0.4, -0.2) is 29.1 Å². The molecule has 0 unspecified atom stereocenters. The van der Waals surface area contributed by atoms with Crippen molar-refractivity contribution in [3.8, 4) is 21.7 Å². The molecule has 7 heteroatoms. The Morgan fingerprint density at radius 2 is 1.52 bits per heavy atom. The van der Waals surface area contributed by atoms with Crippen molar-refractivity contribution in [1.29, 1.82) is 0 Å². The molecule has 4 aromatic carbocycles. The van der Waals surface area contributed by atoms with Gasteiger partial charge in [0.1, 0.15) is 11.6 Å². The van der Waals surface area contributed by atoms with E-state index in [4.69, 9.17) is 9.72 Å². The highest BCUT2D eigenvalue weighted by Crippen LogP contribution is 2.44. The number of hydrogen-bond acceptors (Lipinski definition) is 5. The lowest BCUT2D eigenvalue weighted by Crippen LogP contribution is -2.40. The van der Waals surface area contributed by atoms with Gasteiger partial charge >= 0.3 is 6.09 Å². The summed E-state index contributed by atoms with van der Waals surface area (Å²) in [6, 6.07) is 29.6. The molecule has 1 aliphatic carbocycles. The van der Waals surface area contributed by atoms with Gasteiger partial charge in [0, 0.05) is 28.3 Å². The van der Waals surface area contributed by atoms with E-state index in [9.17, 15) is 9.59 Å². The zero-order valence-corrected chi connectivity index (χ0v) is 23.3. The summed E-state index contributed by atoms with van der Waals surface area (Å²) in [6.45, 7) is 6.14. The van der Waals surface area contributed by atoms with E-state index in [0.29, 0.717) is 11.3 Å². The molecular weight excluding hydrogens is 518 g/mol. The SMILES string of the molecule is CC(C)(C)NC(=O)c1ccc2nc(-c3ccc(NC(=O)OCC4c5ccccc5-c5ccccc54)cc3)sc2c1. The van der Waals surface area contributed by atoms with Crippen molar-refractivity contribution in [2.75, 3.05) is 11.9 Å². The Balaban J connectivity index is 1.11. The van der Waals surface area contributed by atoms with Crippen LogP contribution in [0.4, 0.5) is 10.5 Å². The molecule has 0 aliphatic heterocycles. The average Bonchev–Trinajstić information content (AvgIpc) is 3.50. The van der Waals surface area contributed by atoms with E-state index in [1.165, 1.54) is 33.6 Å². The van der Waals surface area contributed by atoms with Gasteiger partial charge in [0.2, 0.25) is 0 Å². The molecule has 40 heavy (non-hydrogen) atoms. The number of nitrogens with one attached hydrogen (secondary N) is 2. The second-order valence-electron chi connectivity index (χ2n) is 10.9. The first kappa shape index (κ1) is 25.8. The van der Waals surface area contributed by atoms with Crippen LogP contribution in [0.25, 0.3) is 31.9 Å². The molecule has 6 rings (SSSR count). The van der Waals surface area contributed by atoms with Crippen LogP contribution < -0.4 is 10.6 Å². The summed E-state index contributed by atoms with van der Waals surface area (Å²) >= 11 is 1.53. The fourth-order valence-corrected chi connectivity index (χ4v) is 6.06. The number of benzene rings is 4. The van der Waals surface area contributed by atoms with Crippen LogP contribution in [0.15, 0.2) is 91.0 Å². The number of amides is 2. The summed E-state index contributed by atoms with van der Waals surface area (Å²) in [4.78, 5) is 30.0. The Labute approximate surface area is 237 Å². The maximum atomic E-state index is 12.7. The maximum Gasteiger partial charge on any atom is 0.411 e. The topological polar surface area (TPSA) is 80.3 Å². The van der Waals surface area contributed by atoms with Crippen molar-refractivity contribution in [1.82, 2.24) is 10.3 Å². The number of carbonyl (C=O) groups is 2. The first-order valence-corrected chi connectivity index (χ1v) is 14.0. The minimum absolute atomic E-state index is 0.0135. The van der Waals surface area contributed by atoms with Gasteiger partial charge in [0.15, 0.2) is 0 Å². The van der Waals surface area contributed by atoms with E-state index in [2.05, 4.69) is 34.9 Å². The quantitative estimate of drug-likeness (QED) is 0.235. The van der Waals surface area contributed by atoms with Crippen LogP contribution in [0.5, 0.6) is 0 Å². The van der Waals surface area contributed by atoms with Gasteiger partial charge in [-0.3, -0.25) is 10.1 Å². The van der Waals surface area contributed by atoms with Gasteiger partial charge in [0.05, 0.1) is 10.2 Å². The lowest BCUT2D eigenvalue weighted by atomic mass is 9.98. The molecule has 1 aromatic heterocycles. The van der Waals surface area contributed by atoms with Crippen molar-refractivity contribution in [3.63, 3.8) is 0 Å². The summed E-state index contributed by atoms with van der Waals surface area (Å²) in [5, 5.41) is 6.67. The Morgan fingerprint density at radius 3 is 2.17 bits per heavy atom. The van der Waals surface area contributed by atoms with Crippen molar-refractivity contribution < 1.29 is 14.3 Å². The Kier molecular flexibility index (Phi) is 6.60. The minimum atomic E-state index is -0.490. The fourth-order valence-electron chi connectivity index (χ4n) is 5.05. The molecule has 200 valence electrons. The molecule has 0 saturated heterocycles. The number of carbonyl (C=O) groups excluding carboxylic acids is 2. The van der Waals surface area contributed by atoms with E-state index < -0.39 is 6.09 Å². The summed E-state index contributed by atoms with van der Waals surface area (Å²) in [5.41, 5.74) is 7.47. The van der Waals surface area contributed by atoms with Gasteiger partial charge < -0.3 is 10.1 Å². The van der Waals surface area contributed by atoms with Gasteiger partial charge in [-0.05, 0) is 85.5 Å². The van der Waals surface area contributed by atoms with Crippen LogP contribution >= 0.6 is 11.3 Å². The molecule has 2 amide bonds. The van der Waals surface area contributed by atoms with Crippen molar-refractivity contribution in [2.45, 2.75) is 32.2 Å². The van der Waals surface area contributed by atoms with Gasteiger partial charge in [-0.2, -0.15) is 0 Å². The molecule has 0 atom stereocenters. The lowest BCUT2D eigenvalue weighted by Gasteiger charge is -2.20. The molecule has 0 fully saturated rings. The number of ether oxygens (including phenoxy) is 1. The third-order valence-electron chi connectivity index (χ3n) is 6.86. The predicted octanol–water partition coefficient (Wildman–Crippen LogP) is 7.85. The summed E-state index contributed by atoms with van der Waals surface area (Å²) < 4.78 is 6.61. The Bertz CT molecular complexity index is 1690. The zero-order chi connectivity index (χ0) is 27.9. The van der Waals surface area contributed by atoms with Crippen LogP contribution in [0.2, 0.25) is 0 Å². The number of rotatable bonds is 5. The summed E-state index contributed by atoms with van der Waals surface area (Å²) in [6.07, 6.45) is -0.490. The monoisotopic (exact) mass is 547 g/mol. The number of nitrogens with zero attached hydrogens (tertiary/aromatic N) is 1. The highest BCUT2D eigenvalue weighted by molar-refractivity contribution is 7.21. The minimum Gasteiger partial charge on any atom is -0.448 e. The second kappa shape index (κ2) is 10.2. The molecule has 6 nitrogen and oxygen atoms in total. The lowest BCUT2D eigenvalue weighted by molar-refractivity contribution is 0.0919. The third-order valence-corrected chi connectivity index (χ3v) is 7.93. The van der Waals surface area contributed by atoms with E-state index in [-0.39, 0.29) is 24.0 Å². The van der Waals surface area contributed by atoms with Crippen LogP contribution in [0, 0.1) is 0 Å². The molecule has 0 saturated carbocycles. The van der Waals surface area contributed by atoms with Gasteiger partial charge in [-0.25, -0.2) is 9.78 Å². The largest absolute Gasteiger partial charge is 0.448 e. The van der Waals surface area contributed by atoms with Gasteiger partial charge in [0.25, 0.3) is 5.91 Å². The second-order valence-corrected chi connectivity index (χ2v) is 12.0. The highest BCUT2D eigenvalue weighted by atomic mass is 32.1. The number of thiazole rings is 1. The molecule has 1 aliphatic rings. The average molecular weight is 548 g/mol. The molecule has 2 N–H and O–H groups in total. The first-order chi connectivity index (χ1) is 19.2. The van der Waals surface area contributed by atoms with Crippen LogP contribution in [-0.2, 0) is 4.74 Å². The Morgan fingerprint density at radius 1 is 0.875 bits per heavy atom. The first-order valence-electron chi connectivity index (χ1n) is 13.2. The molecule has 0 spiro atoms. The number of aromatic nitrogens is 1. The predicted molar refractivity (Wildman–Crippen MR) is 161 cm³/mol. The number of hydrogen-bond donors (Lipinski definition) is 2. The van der Waals surface area contributed by atoms with Gasteiger partial charge in [-0.15, -0.1) is 11.3 Å². The van der Waals surface area contributed by atoms with Crippen LogP contribution in [0.1, 0.15) is 48.2 Å². The standard InChI is InChI=1S/C33H29N3O3S/c1-33(2,3)36-30(37)21-14-17-28-29(18-21)40-31(35-28)20-12-15-22(16-13-20)34-32(38)39-19-27-25-10-6-4-8-23(25)24-9-5-7-11-26(24)27/h4-18,27H,19H2,1-3H3,(H,34,38)(H,36,37). The number of fused-ring (bicyclic) bond motifs is 4. The molecule has 1 heterocycles. The van der Waals surface area contributed by atoms with E-state index in [1.807, 2.05) is 81.4 Å². The Hall–Kier alpha value is -4.49. The van der Waals surface area contributed by atoms with E-state index >= 15 is 0 Å². The van der Waals surface area contributed by atoms with Crippen LogP contribution in [0.3, 0.4) is 0 Å². The van der Waals surface area contributed by atoms with Crippen molar-refractivity contribution in [2.24, 2.45) is 0 Å². The fraction of sp³-hybridized carbons (Fsp3) is 0.182. The van der Waals surface area contributed by atoms with E-state index in [0.717, 1.165) is 20.8 Å². The molecule has 5 aromatic rings. The van der Waals surface area contributed by atoms with Crippen molar-refractivity contribution in [3.05, 3.63) is 108 Å². The normalized spacial score (nSPS) is 12.6. The molecule has 0 bridgehead atoms. The third kappa shape index (κ3) is 5.20. The smallest absolute Gasteiger partial charge is 0.411 e. The summed E-state index contributed by atoms with van der Waals surface area (Å²) in [7, 11) is 0. The van der Waals surface area contributed by atoms with Gasteiger partial charge in [-0.1, -0.05) is 48.5 Å². The van der Waals surface area contributed by atoms with E-state index in [1.54, 1.807) is 6.07 Å². The number of anilines is 1. The highest BCUT2D eigenvalue weighted by Gasteiger charge is 2.29.